The molecule has 0 bridgehead atoms. The topological polar surface area (TPSA) is 79.4 Å². The molecule has 0 fully saturated rings. The summed E-state index contributed by atoms with van der Waals surface area (Å²) >= 11 is 2.94. The number of thioether (sulfide) groups is 1. The quantitative estimate of drug-likeness (QED) is 0.225. The summed E-state index contributed by atoms with van der Waals surface area (Å²) in [5, 5.41) is 0. The zero-order valence-corrected chi connectivity index (χ0v) is 22.9. The molecular weight excluding hydrogens is 512 g/mol. The molecule has 0 saturated heterocycles. The van der Waals surface area contributed by atoms with E-state index in [2.05, 4.69) is 4.98 Å². The van der Waals surface area contributed by atoms with E-state index < -0.39 is 0 Å². The molecule has 8 nitrogen and oxygen atoms in total. The lowest BCUT2D eigenvalue weighted by molar-refractivity contribution is -0.116. The van der Waals surface area contributed by atoms with Crippen molar-refractivity contribution in [2.24, 2.45) is 0 Å². The Balaban J connectivity index is 1.63. The minimum absolute atomic E-state index is 0.0908. The van der Waals surface area contributed by atoms with Crippen LogP contribution in [0, 0.1) is 0 Å². The predicted octanol–water partition coefficient (Wildman–Crippen LogP) is 5.66. The Labute approximate surface area is 224 Å². The SMILES string of the molecule is COc1ccc(CN(C(=O)CSc2nc3ccc(OC)cc3s2)c2cc(OC)c(OC)c(OC)c2)cc1. The Hall–Kier alpha value is -3.63. The molecule has 0 atom stereocenters. The van der Waals surface area contributed by atoms with E-state index in [-0.39, 0.29) is 11.7 Å². The highest BCUT2D eigenvalue weighted by molar-refractivity contribution is 8.01. The van der Waals surface area contributed by atoms with Gasteiger partial charge in [-0.2, -0.15) is 0 Å². The molecule has 194 valence electrons. The number of ether oxygens (including phenoxy) is 5. The van der Waals surface area contributed by atoms with Gasteiger partial charge < -0.3 is 28.6 Å². The summed E-state index contributed by atoms with van der Waals surface area (Å²) in [5.74, 6) is 3.03. The van der Waals surface area contributed by atoms with Crippen LogP contribution in [0.25, 0.3) is 10.2 Å². The Bertz CT molecular complexity index is 1350. The molecule has 0 spiro atoms. The van der Waals surface area contributed by atoms with Gasteiger partial charge in [0, 0.05) is 12.1 Å². The molecule has 0 aliphatic heterocycles. The van der Waals surface area contributed by atoms with E-state index in [0.29, 0.717) is 29.5 Å². The lowest BCUT2D eigenvalue weighted by Crippen LogP contribution is -2.32. The third-order valence-electron chi connectivity index (χ3n) is 5.66. The maximum Gasteiger partial charge on any atom is 0.237 e. The molecule has 3 aromatic carbocycles. The smallest absolute Gasteiger partial charge is 0.237 e. The second kappa shape index (κ2) is 12.1. The second-order valence-electron chi connectivity index (χ2n) is 7.81. The van der Waals surface area contributed by atoms with Gasteiger partial charge in [-0.3, -0.25) is 4.79 Å². The van der Waals surface area contributed by atoms with Gasteiger partial charge in [-0.15, -0.1) is 11.3 Å². The van der Waals surface area contributed by atoms with Crippen LogP contribution in [0.2, 0.25) is 0 Å². The summed E-state index contributed by atoms with van der Waals surface area (Å²) in [4.78, 5) is 20.0. The van der Waals surface area contributed by atoms with Crippen LogP contribution in [0.5, 0.6) is 28.7 Å². The number of hydrogen-bond acceptors (Lipinski definition) is 9. The molecule has 1 heterocycles. The largest absolute Gasteiger partial charge is 0.497 e. The summed E-state index contributed by atoms with van der Waals surface area (Å²) in [6, 6.07) is 16.9. The number of aromatic nitrogens is 1. The second-order valence-corrected chi connectivity index (χ2v) is 10.1. The Morgan fingerprint density at radius 3 is 2.08 bits per heavy atom. The first-order valence-electron chi connectivity index (χ1n) is 11.3. The lowest BCUT2D eigenvalue weighted by atomic mass is 10.1. The molecule has 0 radical (unpaired) electrons. The van der Waals surface area contributed by atoms with Crippen LogP contribution in [0.1, 0.15) is 5.56 Å². The minimum atomic E-state index is -0.0908. The van der Waals surface area contributed by atoms with Gasteiger partial charge in [0.25, 0.3) is 0 Å². The fraction of sp³-hybridized carbons (Fsp3) is 0.259. The number of fused-ring (bicyclic) bond motifs is 1. The average Bonchev–Trinajstić information content (AvgIpc) is 3.36. The van der Waals surface area contributed by atoms with Crippen LogP contribution in [-0.4, -0.2) is 52.2 Å². The van der Waals surface area contributed by atoms with Gasteiger partial charge in [-0.1, -0.05) is 23.9 Å². The van der Waals surface area contributed by atoms with E-state index in [9.17, 15) is 4.79 Å². The zero-order chi connectivity index (χ0) is 26.4. The minimum Gasteiger partial charge on any atom is -0.497 e. The van der Waals surface area contributed by atoms with E-state index in [1.54, 1.807) is 52.6 Å². The molecule has 0 unspecified atom stereocenters. The highest BCUT2D eigenvalue weighted by Crippen LogP contribution is 2.42. The number of carbonyl (C=O) groups is 1. The Kier molecular flexibility index (Phi) is 8.62. The van der Waals surface area contributed by atoms with Crippen molar-refractivity contribution in [1.82, 2.24) is 4.98 Å². The average molecular weight is 541 g/mol. The van der Waals surface area contributed by atoms with Crippen molar-refractivity contribution in [1.29, 1.82) is 0 Å². The molecule has 1 amide bonds. The van der Waals surface area contributed by atoms with E-state index >= 15 is 0 Å². The molecule has 0 aliphatic carbocycles. The van der Waals surface area contributed by atoms with E-state index in [0.717, 1.165) is 31.6 Å². The molecule has 4 rings (SSSR count). The number of nitrogens with zero attached hydrogens (tertiary/aromatic N) is 2. The van der Waals surface area contributed by atoms with Gasteiger partial charge in [0.1, 0.15) is 11.5 Å². The first kappa shape index (κ1) is 26.4. The third kappa shape index (κ3) is 6.03. The molecular formula is C27H28N2O6S2. The maximum absolute atomic E-state index is 13.6. The van der Waals surface area contributed by atoms with Crippen LogP contribution in [-0.2, 0) is 11.3 Å². The van der Waals surface area contributed by atoms with Crippen LogP contribution in [0.4, 0.5) is 5.69 Å². The third-order valence-corrected chi connectivity index (χ3v) is 7.80. The maximum atomic E-state index is 13.6. The molecule has 37 heavy (non-hydrogen) atoms. The Morgan fingerprint density at radius 1 is 0.838 bits per heavy atom. The van der Waals surface area contributed by atoms with Crippen molar-refractivity contribution in [3.05, 3.63) is 60.2 Å². The predicted molar refractivity (Wildman–Crippen MR) is 147 cm³/mol. The van der Waals surface area contributed by atoms with Crippen molar-refractivity contribution in [3.8, 4) is 28.7 Å². The van der Waals surface area contributed by atoms with Gasteiger partial charge in [0.15, 0.2) is 15.8 Å². The highest BCUT2D eigenvalue weighted by Gasteiger charge is 2.22. The summed E-state index contributed by atoms with van der Waals surface area (Å²) in [5.41, 5.74) is 2.45. The van der Waals surface area contributed by atoms with Crippen molar-refractivity contribution in [3.63, 3.8) is 0 Å². The normalized spacial score (nSPS) is 10.7. The Morgan fingerprint density at radius 2 is 1.49 bits per heavy atom. The van der Waals surface area contributed by atoms with Gasteiger partial charge in [0.05, 0.1) is 63.8 Å². The van der Waals surface area contributed by atoms with Crippen molar-refractivity contribution >= 4 is 44.9 Å². The first-order valence-corrected chi connectivity index (χ1v) is 13.1. The lowest BCUT2D eigenvalue weighted by Gasteiger charge is -2.25. The highest BCUT2D eigenvalue weighted by atomic mass is 32.2. The fourth-order valence-electron chi connectivity index (χ4n) is 3.73. The van der Waals surface area contributed by atoms with Crippen LogP contribution in [0.3, 0.4) is 0 Å². The molecule has 0 N–H and O–H groups in total. The zero-order valence-electron chi connectivity index (χ0n) is 21.3. The summed E-state index contributed by atoms with van der Waals surface area (Å²) < 4.78 is 28.9. The van der Waals surface area contributed by atoms with Crippen LogP contribution >= 0.6 is 23.1 Å². The van der Waals surface area contributed by atoms with Crippen molar-refractivity contribution < 1.29 is 28.5 Å². The van der Waals surface area contributed by atoms with Gasteiger partial charge in [-0.25, -0.2) is 4.98 Å². The van der Waals surface area contributed by atoms with E-state index in [4.69, 9.17) is 23.7 Å². The number of methoxy groups -OCH3 is 5. The van der Waals surface area contributed by atoms with Crippen LogP contribution < -0.4 is 28.6 Å². The van der Waals surface area contributed by atoms with Gasteiger partial charge in [0.2, 0.25) is 11.7 Å². The monoisotopic (exact) mass is 540 g/mol. The number of thiazole rings is 1. The van der Waals surface area contributed by atoms with E-state index in [1.165, 1.54) is 23.1 Å². The molecule has 10 heteroatoms. The molecule has 1 aromatic heterocycles. The first-order chi connectivity index (χ1) is 18.0. The van der Waals surface area contributed by atoms with Crippen LogP contribution in [0.15, 0.2) is 58.9 Å². The number of carbonyl (C=O) groups excluding carboxylic acids is 1. The molecule has 0 aliphatic rings. The summed E-state index contributed by atoms with van der Waals surface area (Å²) in [6.45, 7) is 0.346. The standard InChI is InChI=1S/C27H28N2O6S2/c1-31-19-8-6-17(7-9-19)15-29(18-12-22(33-3)26(35-5)23(13-18)34-4)25(30)16-36-27-28-21-11-10-20(32-2)14-24(21)37-27/h6-14H,15-16H2,1-5H3. The van der Waals surface area contributed by atoms with E-state index in [1.807, 2.05) is 42.5 Å². The molecule has 0 saturated carbocycles. The van der Waals surface area contributed by atoms with Crippen molar-refractivity contribution in [2.75, 3.05) is 46.2 Å². The number of amides is 1. The van der Waals surface area contributed by atoms with Gasteiger partial charge in [-0.05, 0) is 35.9 Å². The number of rotatable bonds is 11. The fourth-order valence-corrected chi connectivity index (χ4v) is 5.71. The number of anilines is 1. The summed E-state index contributed by atoms with van der Waals surface area (Å²) in [7, 11) is 7.90. The molecule has 4 aromatic rings. The van der Waals surface area contributed by atoms with Crippen molar-refractivity contribution in [2.45, 2.75) is 10.9 Å². The number of hydrogen-bond donors (Lipinski definition) is 0. The van der Waals surface area contributed by atoms with Gasteiger partial charge >= 0.3 is 0 Å². The summed E-state index contributed by atoms with van der Waals surface area (Å²) in [6.07, 6.45) is 0. The number of benzene rings is 3.